The van der Waals surface area contributed by atoms with Crippen molar-refractivity contribution < 1.29 is 15.1 Å². The minimum atomic E-state index is -1.47. The Morgan fingerprint density at radius 3 is 2.67 bits per heavy atom. The molecule has 0 bridgehead atoms. The largest absolute Gasteiger partial charge is 0.393 e. The maximum Gasteiger partial charge on any atom is 0.295 e. The number of aliphatic hydroxyl groups excluding tert-OH is 1. The Kier molecular flexibility index (Phi) is 3.59. The number of hydrogen-bond acceptors (Lipinski definition) is 5. The lowest BCUT2D eigenvalue weighted by Crippen LogP contribution is -2.07. The highest BCUT2D eigenvalue weighted by molar-refractivity contribution is 5.62. The SMILES string of the molecule is Nc1cccc(CCC(O)O)c1[N+](=O)[O-]. The molecule has 1 aromatic carbocycles. The van der Waals surface area contributed by atoms with Gasteiger partial charge in [0.1, 0.15) is 5.69 Å². The third-order valence-corrected chi connectivity index (χ3v) is 2.01. The van der Waals surface area contributed by atoms with E-state index in [2.05, 4.69) is 0 Å². The van der Waals surface area contributed by atoms with Crippen LogP contribution in [0.1, 0.15) is 12.0 Å². The van der Waals surface area contributed by atoms with Crippen LogP contribution >= 0.6 is 0 Å². The van der Waals surface area contributed by atoms with E-state index in [1.807, 2.05) is 0 Å². The Hall–Kier alpha value is -1.66. The first-order valence-electron chi connectivity index (χ1n) is 4.40. The van der Waals surface area contributed by atoms with E-state index in [1.165, 1.54) is 6.07 Å². The Morgan fingerprint density at radius 1 is 1.47 bits per heavy atom. The van der Waals surface area contributed by atoms with Gasteiger partial charge in [-0.05, 0) is 12.5 Å². The van der Waals surface area contributed by atoms with Crippen LogP contribution in [0.3, 0.4) is 0 Å². The molecule has 0 atom stereocenters. The van der Waals surface area contributed by atoms with Crippen LogP contribution in [0.15, 0.2) is 18.2 Å². The maximum absolute atomic E-state index is 10.7. The Morgan fingerprint density at radius 2 is 2.13 bits per heavy atom. The molecule has 0 amide bonds. The minimum absolute atomic E-state index is 0.0459. The lowest BCUT2D eigenvalue weighted by Gasteiger charge is -2.05. The summed E-state index contributed by atoms with van der Waals surface area (Å²) < 4.78 is 0. The number of nitrogen functional groups attached to an aromatic ring is 1. The third-order valence-electron chi connectivity index (χ3n) is 2.01. The van der Waals surface area contributed by atoms with Crippen molar-refractivity contribution in [3.05, 3.63) is 33.9 Å². The van der Waals surface area contributed by atoms with E-state index in [4.69, 9.17) is 15.9 Å². The van der Waals surface area contributed by atoms with Crippen LogP contribution in [0.2, 0.25) is 0 Å². The lowest BCUT2D eigenvalue weighted by atomic mass is 10.1. The molecule has 15 heavy (non-hydrogen) atoms. The van der Waals surface area contributed by atoms with Gasteiger partial charge in [-0.25, -0.2) is 0 Å². The Bertz CT molecular complexity index is 365. The number of benzene rings is 1. The van der Waals surface area contributed by atoms with Crippen LogP contribution in [0.5, 0.6) is 0 Å². The molecule has 6 nitrogen and oxygen atoms in total. The summed E-state index contributed by atoms with van der Waals surface area (Å²) in [5.41, 5.74) is 5.81. The normalized spacial score (nSPS) is 10.6. The maximum atomic E-state index is 10.7. The summed E-state index contributed by atoms with van der Waals surface area (Å²) in [5, 5.41) is 28.0. The fourth-order valence-electron chi connectivity index (χ4n) is 1.32. The Labute approximate surface area is 86.1 Å². The third kappa shape index (κ3) is 2.90. The molecule has 0 saturated carbocycles. The van der Waals surface area contributed by atoms with Gasteiger partial charge in [-0.1, -0.05) is 12.1 Å². The topological polar surface area (TPSA) is 110 Å². The predicted molar refractivity (Wildman–Crippen MR) is 54.1 cm³/mol. The molecule has 0 aliphatic rings. The van der Waals surface area contributed by atoms with Gasteiger partial charge in [0.2, 0.25) is 0 Å². The van der Waals surface area contributed by atoms with Crippen molar-refractivity contribution in [2.45, 2.75) is 19.1 Å². The zero-order valence-electron chi connectivity index (χ0n) is 7.96. The second kappa shape index (κ2) is 4.72. The van der Waals surface area contributed by atoms with E-state index in [1.54, 1.807) is 12.1 Å². The molecule has 0 unspecified atom stereocenters. The molecule has 1 rings (SSSR count). The van der Waals surface area contributed by atoms with Crippen molar-refractivity contribution in [2.24, 2.45) is 0 Å². The fraction of sp³-hybridized carbons (Fsp3) is 0.333. The summed E-state index contributed by atoms with van der Waals surface area (Å²) in [4.78, 5) is 10.1. The number of rotatable bonds is 4. The summed E-state index contributed by atoms with van der Waals surface area (Å²) >= 11 is 0. The number of nitrogens with two attached hydrogens (primary N) is 1. The average molecular weight is 212 g/mol. The number of anilines is 1. The van der Waals surface area contributed by atoms with Gasteiger partial charge in [0, 0.05) is 12.0 Å². The first-order chi connectivity index (χ1) is 7.02. The second-order valence-electron chi connectivity index (χ2n) is 3.13. The molecule has 6 heteroatoms. The van der Waals surface area contributed by atoms with Crippen LogP contribution in [0, 0.1) is 10.1 Å². The summed E-state index contributed by atoms with van der Waals surface area (Å²) in [5.74, 6) is 0. The summed E-state index contributed by atoms with van der Waals surface area (Å²) in [6.45, 7) is 0. The van der Waals surface area contributed by atoms with Gasteiger partial charge >= 0.3 is 0 Å². The summed E-state index contributed by atoms with van der Waals surface area (Å²) in [6, 6.07) is 4.59. The molecule has 0 radical (unpaired) electrons. The van der Waals surface area contributed by atoms with E-state index in [-0.39, 0.29) is 24.2 Å². The highest BCUT2D eigenvalue weighted by Crippen LogP contribution is 2.26. The van der Waals surface area contributed by atoms with Gasteiger partial charge in [-0.15, -0.1) is 0 Å². The molecule has 0 fully saturated rings. The highest BCUT2D eigenvalue weighted by atomic mass is 16.6. The molecule has 1 aromatic rings. The van der Waals surface area contributed by atoms with Crippen molar-refractivity contribution >= 4 is 11.4 Å². The van der Waals surface area contributed by atoms with E-state index in [0.717, 1.165) is 0 Å². The Balaban J connectivity index is 2.96. The number of hydrogen-bond donors (Lipinski definition) is 3. The number of nitro benzene ring substituents is 1. The molecule has 0 spiro atoms. The van der Waals surface area contributed by atoms with Gasteiger partial charge in [0.25, 0.3) is 5.69 Å². The number of aryl methyl sites for hydroxylation is 1. The molecule has 82 valence electrons. The van der Waals surface area contributed by atoms with E-state index >= 15 is 0 Å². The van der Waals surface area contributed by atoms with Gasteiger partial charge in [0.15, 0.2) is 6.29 Å². The number of nitro groups is 1. The molecule has 0 saturated heterocycles. The first-order valence-corrected chi connectivity index (χ1v) is 4.40. The quantitative estimate of drug-likeness (QED) is 0.290. The molecule has 4 N–H and O–H groups in total. The molecule has 0 aliphatic carbocycles. The van der Waals surface area contributed by atoms with Gasteiger partial charge in [-0.3, -0.25) is 10.1 Å². The lowest BCUT2D eigenvalue weighted by molar-refractivity contribution is -0.384. The second-order valence-corrected chi connectivity index (χ2v) is 3.13. The number of para-hydroxylation sites is 1. The number of nitrogens with zero attached hydrogens (tertiary/aromatic N) is 1. The van der Waals surface area contributed by atoms with Crippen LogP contribution in [-0.2, 0) is 6.42 Å². The van der Waals surface area contributed by atoms with E-state index < -0.39 is 11.2 Å². The number of aliphatic hydroxyl groups is 2. The summed E-state index contributed by atoms with van der Waals surface area (Å²) in [6.07, 6.45) is -1.21. The summed E-state index contributed by atoms with van der Waals surface area (Å²) in [7, 11) is 0. The van der Waals surface area contributed by atoms with Gasteiger partial charge in [0.05, 0.1) is 4.92 Å². The van der Waals surface area contributed by atoms with Crippen molar-refractivity contribution in [2.75, 3.05) is 5.73 Å². The van der Waals surface area contributed by atoms with Crippen molar-refractivity contribution in [1.82, 2.24) is 0 Å². The predicted octanol–water partition coefficient (Wildman–Crippen LogP) is 0.420. The molecular weight excluding hydrogens is 200 g/mol. The monoisotopic (exact) mass is 212 g/mol. The van der Waals surface area contributed by atoms with Crippen molar-refractivity contribution in [3.8, 4) is 0 Å². The van der Waals surface area contributed by atoms with Crippen LogP contribution in [-0.4, -0.2) is 21.4 Å². The highest BCUT2D eigenvalue weighted by Gasteiger charge is 2.17. The molecule has 0 aliphatic heterocycles. The molecule has 0 heterocycles. The average Bonchev–Trinajstić information content (AvgIpc) is 2.13. The zero-order valence-corrected chi connectivity index (χ0v) is 7.96. The zero-order chi connectivity index (χ0) is 11.4. The standard InChI is InChI=1S/C9H12N2O4/c10-7-3-1-2-6(4-5-8(12)13)9(7)11(14)15/h1-3,8,12-13H,4-5,10H2. The van der Waals surface area contributed by atoms with E-state index in [0.29, 0.717) is 5.56 Å². The fourth-order valence-corrected chi connectivity index (χ4v) is 1.32. The van der Waals surface area contributed by atoms with Crippen LogP contribution < -0.4 is 5.73 Å². The smallest absolute Gasteiger partial charge is 0.295 e. The van der Waals surface area contributed by atoms with Gasteiger partial charge in [-0.2, -0.15) is 0 Å². The first kappa shape index (κ1) is 11.4. The van der Waals surface area contributed by atoms with Crippen LogP contribution in [0.4, 0.5) is 11.4 Å². The van der Waals surface area contributed by atoms with E-state index in [9.17, 15) is 10.1 Å². The molecular formula is C9H12N2O4. The van der Waals surface area contributed by atoms with Gasteiger partial charge < -0.3 is 15.9 Å². The van der Waals surface area contributed by atoms with Crippen molar-refractivity contribution in [3.63, 3.8) is 0 Å². The minimum Gasteiger partial charge on any atom is -0.393 e. The van der Waals surface area contributed by atoms with Crippen LogP contribution in [0.25, 0.3) is 0 Å². The van der Waals surface area contributed by atoms with Crippen molar-refractivity contribution in [1.29, 1.82) is 0 Å². The molecule has 0 aromatic heterocycles.